The highest BCUT2D eigenvalue weighted by molar-refractivity contribution is 6.33. The first kappa shape index (κ1) is 13.3. The van der Waals surface area contributed by atoms with E-state index in [1.807, 2.05) is 12.1 Å². The van der Waals surface area contributed by atoms with Crippen molar-refractivity contribution in [1.82, 2.24) is 10.2 Å². The van der Waals surface area contributed by atoms with E-state index in [-0.39, 0.29) is 0 Å². The van der Waals surface area contributed by atoms with Gasteiger partial charge in [-0.1, -0.05) is 61.3 Å². The first-order valence-electron chi connectivity index (χ1n) is 5.84. The largest absolute Gasteiger partial charge is 0.159 e. The van der Waals surface area contributed by atoms with Crippen molar-refractivity contribution in [3.8, 4) is 11.1 Å². The van der Waals surface area contributed by atoms with Crippen LogP contribution in [0.4, 0.5) is 0 Å². The lowest BCUT2D eigenvalue weighted by molar-refractivity contribution is 0.647. The third kappa shape index (κ3) is 3.21. The Hall–Kier alpha value is -1.12. The third-order valence-corrected chi connectivity index (χ3v) is 3.06. The zero-order valence-corrected chi connectivity index (χ0v) is 11.8. The van der Waals surface area contributed by atoms with Crippen molar-refractivity contribution in [3.05, 3.63) is 46.2 Å². The van der Waals surface area contributed by atoms with Gasteiger partial charge in [0, 0.05) is 5.56 Å². The molecule has 0 saturated heterocycles. The van der Waals surface area contributed by atoms with E-state index in [1.54, 1.807) is 6.07 Å². The van der Waals surface area contributed by atoms with Gasteiger partial charge in [0.25, 0.3) is 0 Å². The number of rotatable bonds is 3. The molecule has 0 fully saturated rings. The number of halogens is 2. The molecule has 18 heavy (non-hydrogen) atoms. The molecule has 0 bridgehead atoms. The third-order valence-electron chi connectivity index (χ3n) is 2.60. The molecule has 0 saturated carbocycles. The second kappa shape index (κ2) is 5.68. The Kier molecular flexibility index (Phi) is 4.20. The quantitative estimate of drug-likeness (QED) is 0.818. The van der Waals surface area contributed by atoms with Crippen LogP contribution in [0.2, 0.25) is 10.3 Å². The summed E-state index contributed by atoms with van der Waals surface area (Å²) >= 11 is 11.9. The monoisotopic (exact) mass is 280 g/mol. The van der Waals surface area contributed by atoms with Gasteiger partial charge < -0.3 is 0 Å². The molecule has 94 valence electrons. The van der Waals surface area contributed by atoms with Gasteiger partial charge in [0.05, 0.1) is 0 Å². The minimum absolute atomic E-state index is 0.351. The summed E-state index contributed by atoms with van der Waals surface area (Å²) in [5.74, 6) is 0.620. The molecule has 0 amide bonds. The predicted octanol–water partition coefficient (Wildman–Crippen LogP) is 4.65. The van der Waals surface area contributed by atoms with E-state index in [0.717, 1.165) is 17.5 Å². The van der Waals surface area contributed by atoms with Gasteiger partial charge in [-0.25, -0.2) is 0 Å². The summed E-state index contributed by atoms with van der Waals surface area (Å²) in [6.45, 7) is 4.40. The van der Waals surface area contributed by atoms with Gasteiger partial charge in [-0.05, 0) is 29.5 Å². The normalized spacial score (nSPS) is 10.9. The standard InChI is InChI=1S/C14H14Cl2N2/c1-9(2)6-10-4-3-5-11(7-10)12-8-13(15)17-18-14(12)16/h3-5,7-9H,6H2,1-2H3. The molecule has 0 unspecified atom stereocenters. The van der Waals surface area contributed by atoms with E-state index < -0.39 is 0 Å². The second-order valence-electron chi connectivity index (χ2n) is 4.67. The van der Waals surface area contributed by atoms with Gasteiger partial charge in [0.15, 0.2) is 10.3 Å². The average Bonchev–Trinajstić information content (AvgIpc) is 2.32. The van der Waals surface area contributed by atoms with Crippen LogP contribution in [-0.4, -0.2) is 10.2 Å². The zero-order valence-electron chi connectivity index (χ0n) is 10.3. The van der Waals surface area contributed by atoms with Gasteiger partial charge in [0.2, 0.25) is 0 Å². The maximum absolute atomic E-state index is 6.06. The van der Waals surface area contributed by atoms with Crippen LogP contribution in [0.5, 0.6) is 0 Å². The Morgan fingerprint density at radius 3 is 2.61 bits per heavy atom. The van der Waals surface area contributed by atoms with E-state index in [4.69, 9.17) is 23.2 Å². The summed E-state index contributed by atoms with van der Waals surface area (Å²) in [5, 5.41) is 8.27. The highest BCUT2D eigenvalue weighted by atomic mass is 35.5. The molecule has 0 N–H and O–H groups in total. The van der Waals surface area contributed by atoms with Gasteiger partial charge in [0.1, 0.15) is 0 Å². The lowest BCUT2D eigenvalue weighted by Crippen LogP contribution is -1.94. The van der Waals surface area contributed by atoms with Gasteiger partial charge in [-0.2, -0.15) is 0 Å². The Bertz CT molecular complexity index is 553. The molecule has 1 aromatic carbocycles. The molecule has 0 radical (unpaired) electrons. The lowest BCUT2D eigenvalue weighted by Gasteiger charge is -2.08. The summed E-state index contributed by atoms with van der Waals surface area (Å²) in [5.41, 5.74) is 3.13. The van der Waals surface area contributed by atoms with Crippen LogP contribution in [0.15, 0.2) is 30.3 Å². The van der Waals surface area contributed by atoms with Crippen molar-refractivity contribution < 1.29 is 0 Å². The number of hydrogen-bond acceptors (Lipinski definition) is 2. The van der Waals surface area contributed by atoms with E-state index in [9.17, 15) is 0 Å². The van der Waals surface area contributed by atoms with Crippen LogP contribution in [-0.2, 0) is 6.42 Å². The molecule has 0 aliphatic heterocycles. The van der Waals surface area contributed by atoms with Gasteiger partial charge in [-0.3, -0.25) is 0 Å². The molecule has 2 rings (SSSR count). The van der Waals surface area contributed by atoms with Crippen LogP contribution in [0.3, 0.4) is 0 Å². The minimum Gasteiger partial charge on any atom is -0.137 e. The summed E-state index contributed by atoms with van der Waals surface area (Å²) in [6, 6.07) is 10.0. The van der Waals surface area contributed by atoms with Crippen molar-refractivity contribution in [1.29, 1.82) is 0 Å². The zero-order chi connectivity index (χ0) is 13.1. The number of hydrogen-bond donors (Lipinski definition) is 0. The van der Waals surface area contributed by atoms with Crippen LogP contribution in [0.25, 0.3) is 11.1 Å². The minimum atomic E-state index is 0.351. The van der Waals surface area contributed by atoms with Crippen molar-refractivity contribution in [3.63, 3.8) is 0 Å². The highest BCUT2D eigenvalue weighted by Crippen LogP contribution is 2.28. The van der Waals surface area contributed by atoms with Gasteiger partial charge in [-0.15, -0.1) is 10.2 Å². The van der Waals surface area contributed by atoms with Crippen LogP contribution in [0.1, 0.15) is 19.4 Å². The first-order chi connectivity index (χ1) is 8.56. The molecule has 1 heterocycles. The van der Waals surface area contributed by atoms with E-state index in [1.165, 1.54) is 5.56 Å². The molecule has 0 spiro atoms. The lowest BCUT2D eigenvalue weighted by atomic mass is 9.99. The van der Waals surface area contributed by atoms with Crippen molar-refractivity contribution in [2.24, 2.45) is 5.92 Å². The van der Waals surface area contributed by atoms with Crippen LogP contribution in [0, 0.1) is 5.92 Å². The molecule has 4 heteroatoms. The van der Waals surface area contributed by atoms with Gasteiger partial charge >= 0.3 is 0 Å². The Labute approximate surface area is 117 Å². The summed E-state index contributed by atoms with van der Waals surface area (Å²) in [7, 11) is 0. The summed E-state index contributed by atoms with van der Waals surface area (Å²) in [4.78, 5) is 0. The molecule has 0 aliphatic carbocycles. The van der Waals surface area contributed by atoms with Crippen LogP contribution >= 0.6 is 23.2 Å². The highest BCUT2D eigenvalue weighted by Gasteiger charge is 2.08. The Morgan fingerprint density at radius 1 is 1.11 bits per heavy atom. The maximum atomic E-state index is 6.06. The van der Waals surface area contributed by atoms with E-state index in [2.05, 4.69) is 36.2 Å². The summed E-state index contributed by atoms with van der Waals surface area (Å²) < 4.78 is 0. The first-order valence-corrected chi connectivity index (χ1v) is 6.60. The van der Waals surface area contributed by atoms with E-state index >= 15 is 0 Å². The molecule has 0 aliphatic rings. The molecule has 0 atom stereocenters. The fourth-order valence-corrected chi connectivity index (χ4v) is 2.24. The molecule has 2 aromatic rings. The fourth-order valence-electron chi connectivity index (χ4n) is 1.89. The smallest absolute Gasteiger partial charge is 0.137 e. The molecule has 2 nitrogen and oxygen atoms in total. The SMILES string of the molecule is CC(C)Cc1cccc(-c2cc(Cl)nnc2Cl)c1. The predicted molar refractivity (Wildman–Crippen MR) is 76.0 cm³/mol. The number of benzene rings is 1. The molecular weight excluding hydrogens is 267 g/mol. The van der Waals surface area contributed by atoms with E-state index in [0.29, 0.717) is 16.2 Å². The maximum Gasteiger partial charge on any atom is 0.159 e. The average molecular weight is 281 g/mol. The number of nitrogens with zero attached hydrogens (tertiary/aromatic N) is 2. The van der Waals surface area contributed by atoms with Crippen molar-refractivity contribution >= 4 is 23.2 Å². The van der Waals surface area contributed by atoms with Crippen molar-refractivity contribution in [2.45, 2.75) is 20.3 Å². The second-order valence-corrected chi connectivity index (χ2v) is 5.42. The Morgan fingerprint density at radius 2 is 1.89 bits per heavy atom. The van der Waals surface area contributed by atoms with Crippen LogP contribution < -0.4 is 0 Å². The van der Waals surface area contributed by atoms with Crippen molar-refractivity contribution in [2.75, 3.05) is 0 Å². The molecule has 1 aromatic heterocycles. The number of aromatic nitrogens is 2. The topological polar surface area (TPSA) is 25.8 Å². The summed E-state index contributed by atoms with van der Waals surface area (Å²) in [6.07, 6.45) is 1.04. The fraction of sp³-hybridized carbons (Fsp3) is 0.286. The molecular formula is C14H14Cl2N2. The Balaban J connectivity index is 2.41.